The molecule has 6 heteroatoms. The van der Waals surface area contributed by atoms with Crippen LogP contribution in [-0.2, 0) is 4.79 Å². The van der Waals surface area contributed by atoms with Crippen molar-refractivity contribution in [3.05, 3.63) is 0 Å². The molecule has 3 N–H and O–H groups in total. The summed E-state index contributed by atoms with van der Waals surface area (Å²) >= 11 is 0. The predicted octanol–water partition coefficient (Wildman–Crippen LogP) is 1.82. The second-order valence-corrected chi connectivity index (χ2v) is 5.91. The third kappa shape index (κ3) is 6.80. The number of carboxylic acid groups (broad SMARTS) is 1. The van der Waals surface area contributed by atoms with Crippen LogP contribution in [0.5, 0.6) is 0 Å². The van der Waals surface area contributed by atoms with Crippen LogP contribution in [0.3, 0.4) is 0 Å². The van der Waals surface area contributed by atoms with Gasteiger partial charge in [-0.25, -0.2) is 4.79 Å². The normalized spacial score (nSPS) is 20.1. The molecule has 0 aromatic heterocycles. The first-order valence-corrected chi connectivity index (χ1v) is 7.91. The number of aliphatic hydroxyl groups excluding tert-OH is 1. The van der Waals surface area contributed by atoms with Gasteiger partial charge in [-0.3, -0.25) is 4.79 Å². The molecule has 0 radical (unpaired) electrons. The van der Waals surface area contributed by atoms with Crippen LogP contribution in [-0.4, -0.2) is 52.9 Å². The minimum absolute atomic E-state index is 0.0569. The van der Waals surface area contributed by atoms with Crippen molar-refractivity contribution < 1.29 is 19.8 Å². The number of piperidine rings is 1. The Bertz CT molecular complexity index is 334. The molecule has 0 spiro atoms. The molecule has 0 aromatic carbocycles. The zero-order chi connectivity index (χ0) is 15.7. The molecule has 1 aliphatic heterocycles. The number of carbonyl (C=O) groups excluding carboxylic acids is 1. The largest absolute Gasteiger partial charge is 0.481 e. The van der Waals surface area contributed by atoms with Gasteiger partial charge in [0.15, 0.2) is 0 Å². The van der Waals surface area contributed by atoms with Crippen LogP contribution in [0.25, 0.3) is 0 Å². The summed E-state index contributed by atoms with van der Waals surface area (Å²) in [6.07, 6.45) is 5.34. The average molecular weight is 300 g/mol. The van der Waals surface area contributed by atoms with Gasteiger partial charge in [-0.15, -0.1) is 0 Å². The van der Waals surface area contributed by atoms with Crippen LogP contribution in [0.15, 0.2) is 0 Å². The number of carbonyl (C=O) groups is 2. The number of nitrogens with one attached hydrogen (secondary N) is 1. The summed E-state index contributed by atoms with van der Waals surface area (Å²) in [5, 5.41) is 20.6. The molecule has 6 nitrogen and oxygen atoms in total. The summed E-state index contributed by atoms with van der Waals surface area (Å²) in [5.41, 5.74) is 0. The molecule has 1 heterocycles. The van der Waals surface area contributed by atoms with E-state index in [0.717, 1.165) is 32.2 Å². The van der Waals surface area contributed by atoms with Crippen molar-refractivity contribution in [1.29, 1.82) is 0 Å². The second kappa shape index (κ2) is 9.60. The zero-order valence-corrected chi connectivity index (χ0v) is 12.9. The van der Waals surface area contributed by atoms with Gasteiger partial charge in [-0.2, -0.15) is 0 Å². The molecule has 1 saturated heterocycles. The minimum atomic E-state index is -0.772. The number of hydrogen-bond acceptors (Lipinski definition) is 3. The number of likely N-dealkylation sites (tertiary alicyclic amines) is 1. The van der Waals surface area contributed by atoms with E-state index in [1.807, 2.05) is 11.8 Å². The van der Waals surface area contributed by atoms with Crippen LogP contribution in [0.4, 0.5) is 4.79 Å². The maximum absolute atomic E-state index is 12.2. The lowest BCUT2D eigenvalue weighted by Crippen LogP contribution is -2.49. The smallest absolute Gasteiger partial charge is 0.317 e. The number of urea groups is 1. The first-order valence-electron chi connectivity index (χ1n) is 7.91. The molecule has 0 bridgehead atoms. The molecule has 2 atom stereocenters. The zero-order valence-electron chi connectivity index (χ0n) is 12.9. The van der Waals surface area contributed by atoms with E-state index in [0.29, 0.717) is 19.4 Å². The average Bonchev–Trinajstić information content (AvgIpc) is 2.46. The monoisotopic (exact) mass is 300 g/mol. The molecule has 21 heavy (non-hydrogen) atoms. The second-order valence-electron chi connectivity index (χ2n) is 5.91. The van der Waals surface area contributed by atoms with E-state index in [1.54, 1.807) is 0 Å². The number of hydrogen-bond donors (Lipinski definition) is 3. The standard InChI is InChI=1S/C15H28N2O4/c1-12(5-6-14(19)20)7-9-16-15(21)17-10-3-2-4-13(17)8-11-18/h12-13,18H,2-11H2,1H3,(H,16,21)(H,19,20). The van der Waals surface area contributed by atoms with Gasteiger partial charge in [0.05, 0.1) is 0 Å². The van der Waals surface area contributed by atoms with Crippen LogP contribution < -0.4 is 5.32 Å². The van der Waals surface area contributed by atoms with Crippen molar-refractivity contribution in [2.45, 2.75) is 57.9 Å². The molecule has 2 amide bonds. The fourth-order valence-electron chi connectivity index (χ4n) is 2.76. The van der Waals surface area contributed by atoms with E-state index < -0.39 is 5.97 Å². The van der Waals surface area contributed by atoms with Gasteiger partial charge in [0.1, 0.15) is 0 Å². The number of rotatable bonds is 8. The predicted molar refractivity (Wildman–Crippen MR) is 80.1 cm³/mol. The van der Waals surface area contributed by atoms with Gasteiger partial charge in [-0.05, 0) is 44.4 Å². The van der Waals surface area contributed by atoms with Crippen molar-refractivity contribution >= 4 is 12.0 Å². The first kappa shape index (κ1) is 17.8. The quantitative estimate of drug-likeness (QED) is 0.638. The lowest BCUT2D eigenvalue weighted by molar-refractivity contribution is -0.137. The van der Waals surface area contributed by atoms with Gasteiger partial charge in [-0.1, -0.05) is 6.92 Å². The summed E-state index contributed by atoms with van der Waals surface area (Å²) in [5.74, 6) is -0.484. The highest BCUT2D eigenvalue weighted by atomic mass is 16.4. The van der Waals surface area contributed by atoms with E-state index in [2.05, 4.69) is 5.32 Å². The summed E-state index contributed by atoms with van der Waals surface area (Å²) in [6, 6.07) is 0.0896. The Morgan fingerprint density at radius 1 is 1.33 bits per heavy atom. The third-order valence-electron chi connectivity index (χ3n) is 4.11. The Hall–Kier alpha value is -1.30. The molecular weight excluding hydrogens is 272 g/mol. The van der Waals surface area contributed by atoms with Crippen LogP contribution >= 0.6 is 0 Å². The third-order valence-corrected chi connectivity index (χ3v) is 4.11. The van der Waals surface area contributed by atoms with E-state index in [4.69, 9.17) is 10.2 Å². The Labute approximate surface area is 126 Å². The highest BCUT2D eigenvalue weighted by molar-refractivity contribution is 5.74. The fourth-order valence-corrected chi connectivity index (χ4v) is 2.76. The van der Waals surface area contributed by atoms with Crippen LogP contribution in [0, 0.1) is 5.92 Å². The number of amides is 2. The molecular formula is C15H28N2O4. The number of nitrogens with zero attached hydrogens (tertiary/aromatic N) is 1. The molecule has 1 aliphatic rings. The molecule has 0 saturated carbocycles. The SMILES string of the molecule is CC(CCNC(=O)N1CCCCC1CCO)CCC(=O)O. The molecule has 2 unspecified atom stereocenters. The number of aliphatic carboxylic acids is 1. The van der Waals surface area contributed by atoms with Crippen molar-refractivity contribution in [2.75, 3.05) is 19.7 Å². The maximum atomic E-state index is 12.2. The van der Waals surface area contributed by atoms with Crippen molar-refractivity contribution in [2.24, 2.45) is 5.92 Å². The Morgan fingerprint density at radius 3 is 2.76 bits per heavy atom. The Balaban J connectivity index is 2.26. The molecule has 122 valence electrons. The van der Waals surface area contributed by atoms with Gasteiger partial charge in [0.2, 0.25) is 0 Å². The lowest BCUT2D eigenvalue weighted by Gasteiger charge is -2.35. The summed E-state index contributed by atoms with van der Waals surface area (Å²) < 4.78 is 0. The molecule has 1 fully saturated rings. The lowest BCUT2D eigenvalue weighted by atomic mass is 10.00. The topological polar surface area (TPSA) is 89.9 Å². The van der Waals surface area contributed by atoms with E-state index in [9.17, 15) is 9.59 Å². The maximum Gasteiger partial charge on any atom is 0.317 e. The molecule has 1 rings (SSSR count). The van der Waals surface area contributed by atoms with E-state index >= 15 is 0 Å². The minimum Gasteiger partial charge on any atom is -0.481 e. The summed E-state index contributed by atoms with van der Waals surface area (Å²) in [7, 11) is 0. The summed E-state index contributed by atoms with van der Waals surface area (Å²) in [6.45, 7) is 3.44. The van der Waals surface area contributed by atoms with Gasteiger partial charge >= 0.3 is 12.0 Å². The van der Waals surface area contributed by atoms with Crippen LogP contribution in [0.1, 0.15) is 51.9 Å². The molecule has 0 aromatic rings. The van der Waals surface area contributed by atoms with E-state index in [-0.39, 0.29) is 31.0 Å². The first-order chi connectivity index (χ1) is 10.0. The van der Waals surface area contributed by atoms with E-state index in [1.165, 1.54) is 0 Å². The number of aliphatic hydroxyl groups is 1. The van der Waals surface area contributed by atoms with Crippen molar-refractivity contribution in [3.63, 3.8) is 0 Å². The highest BCUT2D eigenvalue weighted by Gasteiger charge is 2.25. The van der Waals surface area contributed by atoms with Gasteiger partial charge < -0.3 is 20.4 Å². The number of carboxylic acids is 1. The van der Waals surface area contributed by atoms with Gasteiger partial charge in [0.25, 0.3) is 0 Å². The Kier molecular flexibility index (Phi) is 8.12. The van der Waals surface area contributed by atoms with Crippen molar-refractivity contribution in [3.8, 4) is 0 Å². The van der Waals surface area contributed by atoms with Crippen molar-refractivity contribution in [1.82, 2.24) is 10.2 Å². The van der Waals surface area contributed by atoms with Crippen LogP contribution in [0.2, 0.25) is 0 Å². The molecule has 0 aliphatic carbocycles. The fraction of sp³-hybridized carbons (Fsp3) is 0.867. The summed E-state index contributed by atoms with van der Waals surface area (Å²) in [4.78, 5) is 24.5. The van der Waals surface area contributed by atoms with Gasteiger partial charge in [0, 0.05) is 32.2 Å². The highest BCUT2D eigenvalue weighted by Crippen LogP contribution is 2.19. The Morgan fingerprint density at radius 2 is 2.10 bits per heavy atom.